The molecule has 20 heavy (non-hydrogen) atoms. The van der Waals surface area contributed by atoms with E-state index in [-0.39, 0.29) is 11.4 Å². The SMILES string of the molecule is CCOc1ccc(C(O)c2[nH]cnc2C(=O)O)c(Br)c1. The summed E-state index contributed by atoms with van der Waals surface area (Å²) in [6, 6.07) is 5.11. The molecule has 0 spiro atoms. The Morgan fingerprint density at radius 2 is 2.30 bits per heavy atom. The average Bonchev–Trinajstić information content (AvgIpc) is 2.88. The molecule has 1 aromatic carbocycles. The normalized spacial score (nSPS) is 12.2. The van der Waals surface area contributed by atoms with Crippen LogP contribution in [0.3, 0.4) is 0 Å². The van der Waals surface area contributed by atoms with Crippen LogP contribution in [-0.4, -0.2) is 32.8 Å². The van der Waals surface area contributed by atoms with Crippen molar-refractivity contribution >= 4 is 21.9 Å². The zero-order valence-corrected chi connectivity index (χ0v) is 12.2. The van der Waals surface area contributed by atoms with E-state index in [1.807, 2.05) is 6.92 Å². The lowest BCUT2D eigenvalue weighted by Gasteiger charge is -2.13. The third-order valence-corrected chi connectivity index (χ3v) is 3.41. The molecule has 2 aromatic rings. The Hall–Kier alpha value is -1.86. The van der Waals surface area contributed by atoms with E-state index in [1.165, 1.54) is 6.33 Å². The van der Waals surface area contributed by atoms with Crippen LogP contribution in [-0.2, 0) is 0 Å². The van der Waals surface area contributed by atoms with Gasteiger partial charge in [0.15, 0.2) is 5.69 Å². The van der Waals surface area contributed by atoms with Crippen LogP contribution in [0.1, 0.15) is 34.8 Å². The van der Waals surface area contributed by atoms with Gasteiger partial charge in [0, 0.05) is 10.0 Å². The molecule has 0 fully saturated rings. The van der Waals surface area contributed by atoms with Gasteiger partial charge in [-0.3, -0.25) is 0 Å². The lowest BCUT2D eigenvalue weighted by Crippen LogP contribution is -2.08. The highest BCUT2D eigenvalue weighted by molar-refractivity contribution is 9.10. The van der Waals surface area contributed by atoms with Gasteiger partial charge in [0.2, 0.25) is 0 Å². The van der Waals surface area contributed by atoms with E-state index in [0.29, 0.717) is 22.4 Å². The summed E-state index contributed by atoms with van der Waals surface area (Å²) in [6.07, 6.45) is 0.124. The number of hydrogen-bond donors (Lipinski definition) is 3. The van der Waals surface area contributed by atoms with Gasteiger partial charge in [0.05, 0.1) is 18.6 Å². The first kappa shape index (κ1) is 14.5. The first-order valence-electron chi connectivity index (χ1n) is 5.91. The Morgan fingerprint density at radius 3 is 2.90 bits per heavy atom. The summed E-state index contributed by atoms with van der Waals surface area (Å²) in [6.45, 7) is 2.42. The molecule has 1 atom stereocenters. The lowest BCUT2D eigenvalue weighted by molar-refractivity contribution is 0.0685. The first-order valence-corrected chi connectivity index (χ1v) is 6.70. The summed E-state index contributed by atoms with van der Waals surface area (Å²) < 4.78 is 5.97. The molecule has 0 amide bonds. The lowest BCUT2D eigenvalue weighted by atomic mass is 10.1. The van der Waals surface area contributed by atoms with E-state index in [0.717, 1.165) is 0 Å². The number of benzene rings is 1. The van der Waals surface area contributed by atoms with Crippen LogP contribution in [0.4, 0.5) is 0 Å². The summed E-state index contributed by atoms with van der Waals surface area (Å²) in [4.78, 5) is 17.4. The summed E-state index contributed by atoms with van der Waals surface area (Å²) in [5, 5.41) is 19.3. The van der Waals surface area contributed by atoms with Crippen molar-refractivity contribution in [1.29, 1.82) is 0 Å². The average molecular weight is 341 g/mol. The predicted molar refractivity (Wildman–Crippen MR) is 74.9 cm³/mol. The number of aromatic amines is 1. The number of carbonyl (C=O) groups is 1. The molecule has 2 rings (SSSR count). The van der Waals surface area contributed by atoms with Gasteiger partial charge in [-0.05, 0) is 19.1 Å². The van der Waals surface area contributed by atoms with Gasteiger partial charge >= 0.3 is 5.97 Å². The van der Waals surface area contributed by atoms with Gasteiger partial charge in [-0.1, -0.05) is 22.0 Å². The van der Waals surface area contributed by atoms with Crippen molar-refractivity contribution in [1.82, 2.24) is 9.97 Å². The zero-order chi connectivity index (χ0) is 14.7. The number of aliphatic hydroxyl groups is 1. The van der Waals surface area contributed by atoms with Crippen molar-refractivity contribution in [3.8, 4) is 5.75 Å². The molecular formula is C13H13BrN2O4. The molecule has 1 heterocycles. The smallest absolute Gasteiger partial charge is 0.356 e. The molecule has 1 aromatic heterocycles. The third kappa shape index (κ3) is 2.83. The van der Waals surface area contributed by atoms with E-state index in [9.17, 15) is 9.90 Å². The second-order valence-corrected chi connectivity index (χ2v) is 4.84. The van der Waals surface area contributed by atoms with Crippen LogP contribution >= 0.6 is 15.9 Å². The second-order valence-electron chi connectivity index (χ2n) is 3.99. The van der Waals surface area contributed by atoms with Crippen molar-refractivity contribution in [2.45, 2.75) is 13.0 Å². The van der Waals surface area contributed by atoms with Crippen LogP contribution in [0.2, 0.25) is 0 Å². The highest BCUT2D eigenvalue weighted by Crippen LogP contribution is 2.31. The van der Waals surface area contributed by atoms with Gasteiger partial charge in [-0.15, -0.1) is 0 Å². The Kier molecular flexibility index (Phi) is 4.41. The summed E-state index contributed by atoms with van der Waals surface area (Å²) in [5.41, 5.74) is 0.473. The number of ether oxygens (including phenoxy) is 1. The van der Waals surface area contributed by atoms with Crippen molar-refractivity contribution < 1.29 is 19.7 Å². The number of hydrogen-bond acceptors (Lipinski definition) is 4. The van der Waals surface area contributed by atoms with E-state index in [2.05, 4.69) is 25.9 Å². The molecule has 6 nitrogen and oxygen atoms in total. The Bertz CT molecular complexity index is 627. The largest absolute Gasteiger partial charge is 0.494 e. The molecule has 0 saturated heterocycles. The molecule has 7 heteroatoms. The molecule has 0 saturated carbocycles. The van der Waals surface area contributed by atoms with Crippen LogP contribution in [0.25, 0.3) is 0 Å². The molecular weight excluding hydrogens is 328 g/mol. The molecule has 106 valence electrons. The van der Waals surface area contributed by atoms with Crippen molar-refractivity contribution in [2.24, 2.45) is 0 Å². The Labute approximate surface area is 123 Å². The number of halogens is 1. The Morgan fingerprint density at radius 1 is 1.55 bits per heavy atom. The quantitative estimate of drug-likeness (QED) is 0.776. The number of carboxylic acid groups (broad SMARTS) is 1. The van der Waals surface area contributed by atoms with Gasteiger partial charge in [-0.2, -0.15) is 0 Å². The van der Waals surface area contributed by atoms with E-state index in [1.54, 1.807) is 18.2 Å². The molecule has 0 aliphatic rings. The molecule has 0 bridgehead atoms. The van der Waals surface area contributed by atoms with Crippen LogP contribution in [0.15, 0.2) is 29.0 Å². The molecule has 0 aliphatic heterocycles. The van der Waals surface area contributed by atoms with E-state index in [4.69, 9.17) is 9.84 Å². The van der Waals surface area contributed by atoms with Crippen LogP contribution in [0.5, 0.6) is 5.75 Å². The molecule has 0 aliphatic carbocycles. The van der Waals surface area contributed by atoms with Crippen molar-refractivity contribution in [2.75, 3.05) is 6.61 Å². The standard InChI is InChI=1S/C13H13BrN2O4/c1-2-20-7-3-4-8(9(14)5-7)12(17)10-11(13(18)19)16-6-15-10/h3-6,12,17H,2H2,1H3,(H,15,16)(H,18,19). The highest BCUT2D eigenvalue weighted by atomic mass is 79.9. The number of aromatic carboxylic acids is 1. The summed E-state index contributed by atoms with van der Waals surface area (Å²) in [7, 11) is 0. The molecule has 1 unspecified atom stereocenters. The van der Waals surface area contributed by atoms with Gasteiger partial charge < -0.3 is 19.9 Å². The molecule has 0 radical (unpaired) electrons. The summed E-state index contributed by atoms with van der Waals surface area (Å²) >= 11 is 3.34. The number of imidazole rings is 1. The minimum atomic E-state index is -1.19. The van der Waals surface area contributed by atoms with Crippen LogP contribution in [0, 0.1) is 0 Å². The minimum Gasteiger partial charge on any atom is -0.494 e. The van der Waals surface area contributed by atoms with Crippen molar-refractivity contribution in [3.63, 3.8) is 0 Å². The van der Waals surface area contributed by atoms with Gasteiger partial charge in [0.1, 0.15) is 11.9 Å². The number of nitrogens with one attached hydrogen (secondary N) is 1. The minimum absolute atomic E-state index is 0.141. The van der Waals surface area contributed by atoms with E-state index < -0.39 is 12.1 Å². The van der Waals surface area contributed by atoms with Gasteiger partial charge in [-0.25, -0.2) is 9.78 Å². The molecule has 3 N–H and O–H groups in total. The maximum atomic E-state index is 11.0. The van der Waals surface area contributed by atoms with Gasteiger partial charge in [0.25, 0.3) is 0 Å². The first-order chi connectivity index (χ1) is 9.54. The maximum Gasteiger partial charge on any atom is 0.356 e. The predicted octanol–water partition coefficient (Wildman–Crippen LogP) is 2.35. The number of nitrogens with zero attached hydrogens (tertiary/aromatic N) is 1. The highest BCUT2D eigenvalue weighted by Gasteiger charge is 2.23. The summed E-state index contributed by atoms with van der Waals surface area (Å²) in [5.74, 6) is -0.527. The van der Waals surface area contributed by atoms with E-state index >= 15 is 0 Å². The fourth-order valence-corrected chi connectivity index (χ4v) is 2.40. The Balaban J connectivity index is 2.35. The second kappa shape index (κ2) is 6.06. The number of aliphatic hydroxyl groups excluding tert-OH is 1. The number of carboxylic acids is 1. The monoisotopic (exact) mass is 340 g/mol. The maximum absolute atomic E-state index is 11.0. The zero-order valence-electron chi connectivity index (χ0n) is 10.6. The number of aromatic nitrogens is 2. The third-order valence-electron chi connectivity index (χ3n) is 2.72. The van der Waals surface area contributed by atoms with Crippen molar-refractivity contribution in [3.05, 3.63) is 46.0 Å². The number of H-pyrrole nitrogens is 1. The fraction of sp³-hybridized carbons (Fsp3) is 0.231. The van der Waals surface area contributed by atoms with Crippen LogP contribution < -0.4 is 4.74 Å². The topological polar surface area (TPSA) is 95.4 Å². The number of rotatable bonds is 5. The fourth-order valence-electron chi connectivity index (χ4n) is 1.82.